The topological polar surface area (TPSA) is 53.6 Å². The summed E-state index contributed by atoms with van der Waals surface area (Å²) < 4.78 is 1.85. The molecule has 0 saturated heterocycles. The molecule has 0 amide bonds. The van der Waals surface area contributed by atoms with E-state index in [-0.39, 0.29) is 0 Å². The van der Waals surface area contributed by atoms with Crippen molar-refractivity contribution < 1.29 is 0 Å². The third-order valence-corrected chi connectivity index (χ3v) is 3.09. The predicted molar refractivity (Wildman–Crippen MR) is 79.7 cm³/mol. The normalized spacial score (nSPS) is 10.7. The van der Waals surface area contributed by atoms with Gasteiger partial charge in [-0.05, 0) is 49.2 Å². The quantitative estimate of drug-likeness (QED) is 0.819. The molecular weight excluding hydrogens is 248 g/mol. The van der Waals surface area contributed by atoms with E-state index in [1.54, 1.807) is 0 Å². The van der Waals surface area contributed by atoms with E-state index >= 15 is 0 Å². The molecule has 0 unspecified atom stereocenters. The van der Waals surface area contributed by atoms with Crippen molar-refractivity contribution >= 4 is 0 Å². The summed E-state index contributed by atoms with van der Waals surface area (Å²) >= 11 is 0. The first-order chi connectivity index (χ1) is 9.69. The van der Waals surface area contributed by atoms with Crippen LogP contribution in [0.5, 0.6) is 0 Å². The number of rotatable bonds is 6. The summed E-state index contributed by atoms with van der Waals surface area (Å²) in [6.45, 7) is 5.34. The van der Waals surface area contributed by atoms with Crippen molar-refractivity contribution in [3.63, 3.8) is 0 Å². The number of nitriles is 1. The monoisotopic (exact) mass is 268 g/mol. The Morgan fingerprint density at radius 1 is 1.30 bits per heavy atom. The maximum Gasteiger partial charge on any atom is 0.0991 e. The Hall–Kier alpha value is -2.12. The Balaban J connectivity index is 1.93. The zero-order chi connectivity index (χ0) is 14.4. The molecule has 0 atom stereocenters. The fourth-order valence-corrected chi connectivity index (χ4v) is 2.00. The van der Waals surface area contributed by atoms with Gasteiger partial charge in [-0.3, -0.25) is 0 Å². The number of nitrogens with one attached hydrogen (secondary N) is 1. The molecule has 1 N–H and O–H groups in total. The minimum atomic E-state index is 0.538. The Bertz CT molecular complexity index is 575. The Kier molecular flexibility index (Phi) is 4.91. The summed E-state index contributed by atoms with van der Waals surface area (Å²) in [6.07, 6.45) is 6.09. The molecule has 104 valence electrons. The van der Waals surface area contributed by atoms with Crippen LogP contribution in [0, 0.1) is 11.3 Å². The van der Waals surface area contributed by atoms with Crippen LogP contribution < -0.4 is 5.32 Å². The van der Waals surface area contributed by atoms with Gasteiger partial charge in [0.25, 0.3) is 0 Å². The molecule has 20 heavy (non-hydrogen) atoms. The first-order valence-electron chi connectivity index (χ1n) is 6.96. The minimum absolute atomic E-state index is 0.538. The molecule has 0 aliphatic rings. The smallest absolute Gasteiger partial charge is 0.0991 e. The lowest BCUT2D eigenvalue weighted by Gasteiger charge is -2.06. The summed E-state index contributed by atoms with van der Waals surface area (Å²) in [5, 5.41) is 16.6. The Morgan fingerprint density at radius 3 is 2.70 bits per heavy atom. The Labute approximate surface area is 120 Å². The van der Waals surface area contributed by atoms with Crippen LogP contribution in [-0.4, -0.2) is 22.4 Å². The van der Waals surface area contributed by atoms with Crippen molar-refractivity contribution in [3.05, 3.63) is 47.8 Å². The first-order valence-corrected chi connectivity index (χ1v) is 6.96. The Morgan fingerprint density at radius 2 is 2.05 bits per heavy atom. The molecule has 0 aliphatic heterocycles. The summed E-state index contributed by atoms with van der Waals surface area (Å²) in [7, 11) is 0. The number of aryl methyl sites for hydroxylation is 1. The van der Waals surface area contributed by atoms with E-state index in [4.69, 9.17) is 5.26 Å². The van der Waals surface area contributed by atoms with E-state index in [0.29, 0.717) is 11.6 Å². The van der Waals surface area contributed by atoms with Crippen LogP contribution in [0.1, 0.15) is 31.4 Å². The first kappa shape index (κ1) is 14.3. The zero-order valence-corrected chi connectivity index (χ0v) is 12.0. The molecule has 0 spiro atoms. The van der Waals surface area contributed by atoms with Crippen molar-refractivity contribution in [2.45, 2.75) is 32.7 Å². The standard InChI is InChI=1S/C16H20N4/c1-13(2)18-9-3-4-15-11-19-20(12-15)16-7-5-14(10-17)6-8-16/h5-8,11-13,18H,3-4,9H2,1-2H3. The molecule has 1 aromatic carbocycles. The third kappa shape index (κ3) is 3.94. The summed E-state index contributed by atoms with van der Waals surface area (Å²) in [5.74, 6) is 0. The highest BCUT2D eigenvalue weighted by Crippen LogP contribution is 2.10. The second-order valence-electron chi connectivity index (χ2n) is 5.16. The highest BCUT2D eigenvalue weighted by molar-refractivity contribution is 5.39. The number of hydrogen-bond acceptors (Lipinski definition) is 3. The van der Waals surface area contributed by atoms with E-state index in [9.17, 15) is 0 Å². The second kappa shape index (κ2) is 6.88. The van der Waals surface area contributed by atoms with Gasteiger partial charge in [0.1, 0.15) is 0 Å². The molecule has 0 radical (unpaired) electrons. The van der Waals surface area contributed by atoms with Crippen molar-refractivity contribution in [3.8, 4) is 11.8 Å². The summed E-state index contributed by atoms with van der Waals surface area (Å²) in [6, 6.07) is 10.1. The van der Waals surface area contributed by atoms with Gasteiger partial charge >= 0.3 is 0 Å². The summed E-state index contributed by atoms with van der Waals surface area (Å²) in [5.41, 5.74) is 2.89. The van der Waals surface area contributed by atoms with Crippen molar-refractivity contribution in [2.24, 2.45) is 0 Å². The molecule has 2 rings (SSSR count). The predicted octanol–water partition coefficient (Wildman–Crippen LogP) is 2.67. The highest BCUT2D eigenvalue weighted by atomic mass is 15.3. The molecule has 1 aromatic heterocycles. The molecule has 0 fully saturated rings. The van der Waals surface area contributed by atoms with Gasteiger partial charge in [-0.2, -0.15) is 10.4 Å². The average Bonchev–Trinajstić information content (AvgIpc) is 2.92. The zero-order valence-electron chi connectivity index (χ0n) is 12.0. The largest absolute Gasteiger partial charge is 0.315 e. The van der Waals surface area contributed by atoms with Gasteiger partial charge in [-0.25, -0.2) is 4.68 Å². The summed E-state index contributed by atoms with van der Waals surface area (Å²) in [4.78, 5) is 0. The lowest BCUT2D eigenvalue weighted by Crippen LogP contribution is -2.23. The molecule has 2 aromatic rings. The third-order valence-electron chi connectivity index (χ3n) is 3.09. The lowest BCUT2D eigenvalue weighted by molar-refractivity contribution is 0.570. The van der Waals surface area contributed by atoms with Crippen LogP contribution in [0.15, 0.2) is 36.7 Å². The van der Waals surface area contributed by atoms with E-state index in [1.165, 1.54) is 5.56 Å². The van der Waals surface area contributed by atoms with Crippen molar-refractivity contribution in [1.29, 1.82) is 5.26 Å². The fourth-order valence-electron chi connectivity index (χ4n) is 2.00. The van der Waals surface area contributed by atoms with Gasteiger partial charge in [0, 0.05) is 12.2 Å². The second-order valence-corrected chi connectivity index (χ2v) is 5.16. The van der Waals surface area contributed by atoms with E-state index < -0.39 is 0 Å². The van der Waals surface area contributed by atoms with Crippen LogP contribution in [0.2, 0.25) is 0 Å². The molecule has 1 heterocycles. The lowest BCUT2D eigenvalue weighted by atomic mass is 10.2. The average molecular weight is 268 g/mol. The SMILES string of the molecule is CC(C)NCCCc1cnn(-c2ccc(C#N)cc2)c1. The van der Waals surface area contributed by atoms with Gasteiger partial charge in [-0.15, -0.1) is 0 Å². The number of hydrogen-bond donors (Lipinski definition) is 1. The van der Waals surface area contributed by atoms with E-state index in [0.717, 1.165) is 25.1 Å². The van der Waals surface area contributed by atoms with E-state index in [2.05, 4.69) is 36.5 Å². The van der Waals surface area contributed by atoms with Gasteiger partial charge in [-0.1, -0.05) is 13.8 Å². The molecular formula is C16H20N4. The van der Waals surface area contributed by atoms with Crippen LogP contribution in [0.4, 0.5) is 0 Å². The molecule has 4 heteroatoms. The van der Waals surface area contributed by atoms with Crippen LogP contribution in [0.3, 0.4) is 0 Å². The van der Waals surface area contributed by atoms with E-state index in [1.807, 2.05) is 35.1 Å². The minimum Gasteiger partial charge on any atom is -0.315 e. The fraction of sp³-hybridized carbons (Fsp3) is 0.375. The molecule has 0 aliphatic carbocycles. The number of benzene rings is 1. The van der Waals surface area contributed by atoms with Gasteiger partial charge in [0.05, 0.1) is 23.5 Å². The van der Waals surface area contributed by atoms with Crippen LogP contribution in [0.25, 0.3) is 5.69 Å². The van der Waals surface area contributed by atoms with Crippen molar-refractivity contribution in [2.75, 3.05) is 6.54 Å². The maximum absolute atomic E-state index is 8.78. The number of nitrogens with zero attached hydrogens (tertiary/aromatic N) is 3. The maximum atomic E-state index is 8.78. The van der Waals surface area contributed by atoms with Crippen molar-refractivity contribution in [1.82, 2.24) is 15.1 Å². The number of aromatic nitrogens is 2. The van der Waals surface area contributed by atoms with Gasteiger partial charge in [0.15, 0.2) is 0 Å². The van der Waals surface area contributed by atoms with Gasteiger partial charge in [0.2, 0.25) is 0 Å². The highest BCUT2D eigenvalue weighted by Gasteiger charge is 2.01. The van der Waals surface area contributed by atoms with Crippen LogP contribution >= 0.6 is 0 Å². The molecule has 4 nitrogen and oxygen atoms in total. The van der Waals surface area contributed by atoms with Gasteiger partial charge < -0.3 is 5.32 Å². The molecule has 0 bridgehead atoms. The molecule has 0 saturated carbocycles. The van der Waals surface area contributed by atoms with Crippen LogP contribution in [-0.2, 0) is 6.42 Å².